The summed E-state index contributed by atoms with van der Waals surface area (Å²) in [6.45, 7) is 7.55. The molecule has 1 aromatic carbocycles. The lowest BCUT2D eigenvalue weighted by molar-refractivity contribution is -0.136. The van der Waals surface area contributed by atoms with Gasteiger partial charge in [0, 0.05) is 32.1 Å². The van der Waals surface area contributed by atoms with E-state index < -0.39 is 0 Å². The van der Waals surface area contributed by atoms with Crippen LogP contribution in [0.15, 0.2) is 18.2 Å². The molecule has 1 aliphatic rings. The molecule has 0 radical (unpaired) electrons. The highest BCUT2D eigenvalue weighted by molar-refractivity contribution is 7.22. The minimum absolute atomic E-state index is 0.112. The van der Waals surface area contributed by atoms with Crippen molar-refractivity contribution < 1.29 is 9.18 Å². The van der Waals surface area contributed by atoms with Gasteiger partial charge in [0.25, 0.3) is 0 Å². The normalized spacial score (nSPS) is 15.7. The van der Waals surface area contributed by atoms with Crippen molar-refractivity contribution in [3.05, 3.63) is 24.0 Å². The number of anilines is 1. The maximum absolute atomic E-state index is 13.8. The number of carbonyl (C=O) groups is 1. The molecule has 2 aromatic rings. The number of para-hydroxylation sites is 1. The number of nitrogens with zero attached hydrogens (tertiary/aromatic N) is 3. The lowest BCUT2D eigenvalue weighted by Gasteiger charge is -2.34. The zero-order chi connectivity index (χ0) is 17.8. The molecule has 0 saturated carbocycles. The summed E-state index contributed by atoms with van der Waals surface area (Å²) >= 11 is 1.53. The largest absolute Gasteiger partial charge is 0.348 e. The molecule has 0 aliphatic carbocycles. The van der Waals surface area contributed by atoms with E-state index in [0.29, 0.717) is 11.4 Å². The lowest BCUT2D eigenvalue weighted by atomic mass is 9.95. The first-order chi connectivity index (χ1) is 12.1. The Hall–Kier alpha value is -1.69. The maximum Gasteiger partial charge on any atom is 0.225 e. The van der Waals surface area contributed by atoms with Crippen molar-refractivity contribution in [2.24, 2.45) is 5.92 Å². The van der Waals surface area contributed by atoms with Crippen LogP contribution in [0.5, 0.6) is 0 Å². The Balaban J connectivity index is 1.64. The third-order valence-electron chi connectivity index (χ3n) is 4.77. The summed E-state index contributed by atoms with van der Waals surface area (Å²) in [6, 6.07) is 5.08. The number of hydrogen-bond acceptors (Lipinski definition) is 4. The molecule has 1 saturated heterocycles. The number of fused-ring (bicyclic) bond motifs is 1. The second kappa shape index (κ2) is 8.13. The lowest BCUT2D eigenvalue weighted by Crippen LogP contribution is -2.43. The molecule has 1 aromatic heterocycles. The zero-order valence-corrected chi connectivity index (χ0v) is 15.8. The van der Waals surface area contributed by atoms with Gasteiger partial charge < -0.3 is 9.80 Å². The summed E-state index contributed by atoms with van der Waals surface area (Å²) in [5.41, 5.74) is 0.456. The van der Waals surface area contributed by atoms with Crippen LogP contribution in [0.3, 0.4) is 0 Å². The van der Waals surface area contributed by atoms with Crippen LogP contribution in [0, 0.1) is 11.7 Å². The number of piperidine rings is 1. The van der Waals surface area contributed by atoms with E-state index in [4.69, 9.17) is 0 Å². The second-order valence-corrected chi connectivity index (χ2v) is 7.68. The molecule has 0 N–H and O–H groups in total. The van der Waals surface area contributed by atoms with Crippen LogP contribution in [0.25, 0.3) is 10.2 Å². The SMILES string of the molecule is CCCN(CCC)C(=O)C1CCN(c2nc3c(F)cccc3s2)CC1. The number of rotatable bonds is 6. The van der Waals surface area contributed by atoms with E-state index in [-0.39, 0.29) is 11.7 Å². The van der Waals surface area contributed by atoms with Gasteiger partial charge >= 0.3 is 0 Å². The van der Waals surface area contributed by atoms with E-state index in [1.165, 1.54) is 17.4 Å². The Bertz CT molecular complexity index is 719. The van der Waals surface area contributed by atoms with Gasteiger partial charge in [0.1, 0.15) is 11.3 Å². The van der Waals surface area contributed by atoms with Crippen molar-refractivity contribution in [1.29, 1.82) is 0 Å². The molecule has 0 spiro atoms. The molecule has 3 rings (SSSR count). The topological polar surface area (TPSA) is 36.4 Å². The molecule has 0 atom stereocenters. The van der Waals surface area contributed by atoms with Crippen LogP contribution < -0.4 is 4.90 Å². The monoisotopic (exact) mass is 363 g/mol. The number of halogens is 1. The molecule has 25 heavy (non-hydrogen) atoms. The van der Waals surface area contributed by atoms with Gasteiger partial charge in [0.2, 0.25) is 5.91 Å². The minimum atomic E-state index is -0.264. The predicted octanol–water partition coefficient (Wildman–Crippen LogP) is 4.30. The number of carbonyl (C=O) groups excluding carboxylic acids is 1. The Kier molecular flexibility index (Phi) is 5.89. The van der Waals surface area contributed by atoms with Crippen LogP contribution >= 0.6 is 11.3 Å². The van der Waals surface area contributed by atoms with Gasteiger partial charge in [-0.1, -0.05) is 31.3 Å². The van der Waals surface area contributed by atoms with Gasteiger partial charge in [-0.25, -0.2) is 9.37 Å². The smallest absolute Gasteiger partial charge is 0.225 e. The molecule has 0 bridgehead atoms. The fourth-order valence-corrected chi connectivity index (χ4v) is 4.52. The highest BCUT2D eigenvalue weighted by Crippen LogP contribution is 2.32. The molecule has 1 fully saturated rings. The summed E-state index contributed by atoms with van der Waals surface area (Å²) in [4.78, 5) is 21.4. The molecule has 6 heteroatoms. The third kappa shape index (κ3) is 3.94. The number of aromatic nitrogens is 1. The summed E-state index contributed by atoms with van der Waals surface area (Å²) < 4.78 is 14.7. The van der Waals surface area contributed by atoms with E-state index in [1.807, 2.05) is 11.0 Å². The van der Waals surface area contributed by atoms with Crippen LogP contribution in [-0.2, 0) is 4.79 Å². The molecule has 2 heterocycles. The van der Waals surface area contributed by atoms with Crippen molar-refractivity contribution >= 4 is 32.6 Å². The van der Waals surface area contributed by atoms with Crippen LogP contribution in [0.1, 0.15) is 39.5 Å². The first kappa shape index (κ1) is 18.1. The van der Waals surface area contributed by atoms with Gasteiger partial charge in [0.05, 0.1) is 4.70 Å². The molecule has 136 valence electrons. The van der Waals surface area contributed by atoms with E-state index >= 15 is 0 Å². The number of thiazole rings is 1. The van der Waals surface area contributed by atoms with Crippen molar-refractivity contribution in [2.45, 2.75) is 39.5 Å². The van der Waals surface area contributed by atoms with E-state index in [2.05, 4.69) is 23.7 Å². The average Bonchev–Trinajstić information content (AvgIpc) is 3.07. The molecule has 1 aliphatic heterocycles. The average molecular weight is 364 g/mol. The highest BCUT2D eigenvalue weighted by atomic mass is 32.1. The third-order valence-corrected chi connectivity index (χ3v) is 5.85. The van der Waals surface area contributed by atoms with E-state index in [0.717, 1.165) is 61.7 Å². The first-order valence-electron chi connectivity index (χ1n) is 9.22. The molecular formula is C19H26FN3OS. The van der Waals surface area contributed by atoms with Crippen LogP contribution in [0.4, 0.5) is 9.52 Å². The highest BCUT2D eigenvalue weighted by Gasteiger charge is 2.29. The summed E-state index contributed by atoms with van der Waals surface area (Å²) in [5.74, 6) is 0.152. The fourth-order valence-electron chi connectivity index (χ4n) is 3.49. The van der Waals surface area contributed by atoms with Crippen molar-refractivity contribution in [3.8, 4) is 0 Å². The van der Waals surface area contributed by atoms with Gasteiger partial charge in [-0.05, 0) is 37.8 Å². The second-order valence-electron chi connectivity index (χ2n) is 6.67. The number of amides is 1. The van der Waals surface area contributed by atoms with Gasteiger partial charge in [0.15, 0.2) is 5.13 Å². The molecular weight excluding hydrogens is 337 g/mol. The van der Waals surface area contributed by atoms with Gasteiger partial charge in [-0.2, -0.15) is 0 Å². The zero-order valence-electron chi connectivity index (χ0n) is 15.0. The Morgan fingerprint density at radius 3 is 2.56 bits per heavy atom. The Labute approximate surface area is 152 Å². The molecule has 0 unspecified atom stereocenters. The van der Waals surface area contributed by atoms with E-state index in [9.17, 15) is 9.18 Å². The predicted molar refractivity (Wildman–Crippen MR) is 102 cm³/mol. The van der Waals surface area contributed by atoms with Crippen molar-refractivity contribution in [1.82, 2.24) is 9.88 Å². The summed E-state index contributed by atoms with van der Waals surface area (Å²) in [6.07, 6.45) is 3.70. The molecule has 1 amide bonds. The minimum Gasteiger partial charge on any atom is -0.348 e. The van der Waals surface area contributed by atoms with Crippen molar-refractivity contribution in [2.75, 3.05) is 31.1 Å². The van der Waals surface area contributed by atoms with Crippen molar-refractivity contribution in [3.63, 3.8) is 0 Å². The Morgan fingerprint density at radius 2 is 1.96 bits per heavy atom. The fraction of sp³-hybridized carbons (Fsp3) is 0.579. The first-order valence-corrected chi connectivity index (χ1v) is 10.0. The standard InChI is InChI=1S/C19H26FN3OS/c1-3-10-22(11-4-2)18(24)14-8-12-23(13-9-14)19-21-17-15(20)6-5-7-16(17)25-19/h5-7,14H,3-4,8-13H2,1-2H3. The van der Waals surface area contributed by atoms with Gasteiger partial charge in [-0.3, -0.25) is 4.79 Å². The summed E-state index contributed by atoms with van der Waals surface area (Å²) in [7, 11) is 0. The quantitative estimate of drug-likeness (QED) is 0.768. The van der Waals surface area contributed by atoms with E-state index in [1.54, 1.807) is 6.07 Å². The van der Waals surface area contributed by atoms with Crippen LogP contribution in [-0.4, -0.2) is 42.0 Å². The number of hydrogen-bond donors (Lipinski definition) is 0. The van der Waals surface area contributed by atoms with Crippen LogP contribution in [0.2, 0.25) is 0 Å². The number of benzene rings is 1. The Morgan fingerprint density at radius 1 is 1.28 bits per heavy atom. The molecule has 4 nitrogen and oxygen atoms in total. The summed E-state index contributed by atoms with van der Waals surface area (Å²) in [5, 5.41) is 0.866. The maximum atomic E-state index is 13.8. The van der Waals surface area contributed by atoms with Gasteiger partial charge in [-0.15, -0.1) is 0 Å².